The number of carbonyl (C=O) groups is 1. The van der Waals surface area contributed by atoms with Gasteiger partial charge in [0.05, 0.1) is 5.69 Å². The lowest BCUT2D eigenvalue weighted by atomic mass is 10.1. The quantitative estimate of drug-likeness (QED) is 0.905. The van der Waals surface area contributed by atoms with Crippen LogP contribution in [-0.2, 0) is 0 Å². The highest BCUT2D eigenvalue weighted by Crippen LogP contribution is 2.40. The van der Waals surface area contributed by atoms with Crippen LogP contribution < -0.4 is 10.2 Å². The van der Waals surface area contributed by atoms with Crippen LogP contribution in [0.3, 0.4) is 0 Å². The molecule has 1 aliphatic carbocycles. The highest BCUT2D eigenvalue weighted by Gasteiger charge is 2.40. The number of phenolic OH excluding ortho intramolecular Hbond substituents is 1. The number of carbonyl (C=O) groups excluding carboxylic acids is 1. The molecule has 0 radical (unpaired) electrons. The summed E-state index contributed by atoms with van der Waals surface area (Å²) in [5.41, 5.74) is 2.14. The number of piperazine rings is 1. The van der Waals surface area contributed by atoms with Gasteiger partial charge in [0.1, 0.15) is 5.75 Å². The van der Waals surface area contributed by atoms with E-state index in [1.54, 1.807) is 6.07 Å². The highest BCUT2D eigenvalue weighted by molar-refractivity contribution is 5.75. The molecule has 5 nitrogen and oxygen atoms in total. The summed E-state index contributed by atoms with van der Waals surface area (Å²) in [4.78, 5) is 16.5. The maximum absolute atomic E-state index is 12.5. The summed E-state index contributed by atoms with van der Waals surface area (Å²) < 4.78 is 0. The molecule has 2 aromatic rings. The first-order chi connectivity index (χ1) is 12.2. The van der Waals surface area contributed by atoms with Gasteiger partial charge >= 0.3 is 6.03 Å². The van der Waals surface area contributed by atoms with E-state index in [0.29, 0.717) is 24.8 Å². The van der Waals surface area contributed by atoms with Crippen molar-refractivity contribution < 1.29 is 9.90 Å². The van der Waals surface area contributed by atoms with Gasteiger partial charge in [0, 0.05) is 38.1 Å². The van der Waals surface area contributed by atoms with Gasteiger partial charge in [0.25, 0.3) is 0 Å². The average Bonchev–Trinajstić information content (AvgIpc) is 3.42. The van der Waals surface area contributed by atoms with Crippen molar-refractivity contribution in [1.82, 2.24) is 10.2 Å². The fourth-order valence-corrected chi connectivity index (χ4v) is 3.56. The molecule has 4 rings (SSSR count). The minimum Gasteiger partial charge on any atom is -0.506 e. The van der Waals surface area contributed by atoms with E-state index >= 15 is 0 Å². The van der Waals surface area contributed by atoms with Crippen molar-refractivity contribution >= 4 is 11.7 Å². The van der Waals surface area contributed by atoms with Crippen LogP contribution in [0.5, 0.6) is 5.75 Å². The first kappa shape index (κ1) is 15.8. The van der Waals surface area contributed by atoms with Gasteiger partial charge in [-0.1, -0.05) is 42.5 Å². The van der Waals surface area contributed by atoms with Crippen molar-refractivity contribution in [2.75, 3.05) is 31.1 Å². The second kappa shape index (κ2) is 6.67. The summed E-state index contributed by atoms with van der Waals surface area (Å²) in [6, 6.07) is 18.0. The van der Waals surface area contributed by atoms with Gasteiger partial charge < -0.3 is 20.2 Å². The summed E-state index contributed by atoms with van der Waals surface area (Å²) >= 11 is 0. The van der Waals surface area contributed by atoms with Crippen LogP contribution in [-0.4, -0.2) is 48.3 Å². The lowest BCUT2D eigenvalue weighted by molar-refractivity contribution is 0.193. The second-order valence-electron chi connectivity index (χ2n) is 6.77. The first-order valence-electron chi connectivity index (χ1n) is 8.86. The van der Waals surface area contributed by atoms with Crippen molar-refractivity contribution in [3.8, 4) is 5.75 Å². The van der Waals surface area contributed by atoms with Crippen LogP contribution in [0.2, 0.25) is 0 Å². The maximum Gasteiger partial charge on any atom is 0.317 e. The largest absolute Gasteiger partial charge is 0.506 e. The molecule has 5 heteroatoms. The number of amides is 2. The smallest absolute Gasteiger partial charge is 0.317 e. The Labute approximate surface area is 147 Å². The van der Waals surface area contributed by atoms with Crippen LogP contribution in [0.4, 0.5) is 10.5 Å². The van der Waals surface area contributed by atoms with E-state index in [2.05, 4.69) is 22.3 Å². The molecular formula is C20H23N3O2. The number of urea groups is 1. The van der Waals surface area contributed by atoms with E-state index in [9.17, 15) is 9.90 Å². The molecule has 2 amide bonds. The minimum absolute atomic E-state index is 0.0281. The molecule has 2 aliphatic rings. The van der Waals surface area contributed by atoms with E-state index in [-0.39, 0.29) is 12.1 Å². The third-order valence-electron chi connectivity index (χ3n) is 5.12. The molecule has 25 heavy (non-hydrogen) atoms. The number of aromatic hydroxyl groups is 1. The van der Waals surface area contributed by atoms with E-state index in [1.807, 2.05) is 41.3 Å². The number of nitrogens with one attached hydrogen (secondary N) is 1. The highest BCUT2D eigenvalue weighted by atomic mass is 16.3. The standard InChI is InChI=1S/C20H23N3O2/c24-19-9-5-4-8-18(19)22-10-12-23(13-11-22)20(25)21-17-14-16(17)15-6-2-1-3-7-15/h1-9,16-17,24H,10-14H2,(H,21,25). The second-order valence-corrected chi connectivity index (χ2v) is 6.77. The molecule has 2 aromatic carbocycles. The Hall–Kier alpha value is -2.69. The Kier molecular flexibility index (Phi) is 4.22. The van der Waals surface area contributed by atoms with Crippen LogP contribution >= 0.6 is 0 Å². The van der Waals surface area contributed by atoms with Gasteiger partial charge in [-0.25, -0.2) is 4.79 Å². The molecule has 130 valence electrons. The van der Waals surface area contributed by atoms with E-state index in [1.165, 1.54) is 5.56 Å². The Morgan fingerprint density at radius 1 is 0.960 bits per heavy atom. The van der Waals surface area contributed by atoms with Gasteiger partial charge in [-0.15, -0.1) is 0 Å². The average molecular weight is 337 g/mol. The molecule has 1 heterocycles. The first-order valence-corrected chi connectivity index (χ1v) is 8.86. The van der Waals surface area contributed by atoms with Gasteiger partial charge in [-0.2, -0.15) is 0 Å². The SMILES string of the molecule is O=C(NC1CC1c1ccccc1)N1CCN(c2ccccc2O)CC1. The van der Waals surface area contributed by atoms with Crippen molar-refractivity contribution in [3.05, 3.63) is 60.2 Å². The zero-order chi connectivity index (χ0) is 17.2. The Balaban J connectivity index is 1.28. The molecule has 2 N–H and O–H groups in total. The van der Waals surface area contributed by atoms with Crippen molar-refractivity contribution in [2.24, 2.45) is 0 Å². The maximum atomic E-state index is 12.5. The normalized spacial score (nSPS) is 22.6. The number of rotatable bonds is 3. The molecule has 1 aliphatic heterocycles. The monoisotopic (exact) mass is 337 g/mol. The topological polar surface area (TPSA) is 55.8 Å². The zero-order valence-corrected chi connectivity index (χ0v) is 14.1. The Morgan fingerprint density at radius 2 is 1.64 bits per heavy atom. The van der Waals surface area contributed by atoms with E-state index in [4.69, 9.17) is 0 Å². The minimum atomic E-state index is 0.0281. The Bertz CT molecular complexity index is 742. The lowest BCUT2D eigenvalue weighted by Crippen LogP contribution is -2.52. The van der Waals surface area contributed by atoms with Crippen molar-refractivity contribution in [1.29, 1.82) is 0 Å². The van der Waals surface area contributed by atoms with E-state index < -0.39 is 0 Å². The summed E-state index contributed by atoms with van der Waals surface area (Å²) in [7, 11) is 0. The molecule has 0 bridgehead atoms. The fraction of sp³-hybridized carbons (Fsp3) is 0.350. The summed E-state index contributed by atoms with van der Waals surface area (Å²) in [5, 5.41) is 13.1. The third kappa shape index (κ3) is 3.40. The predicted octanol–water partition coefficient (Wildman–Crippen LogP) is 2.78. The summed E-state index contributed by atoms with van der Waals surface area (Å²) in [5.74, 6) is 0.747. The third-order valence-corrected chi connectivity index (χ3v) is 5.12. The number of nitrogens with zero attached hydrogens (tertiary/aromatic N) is 2. The summed E-state index contributed by atoms with van der Waals surface area (Å²) in [6.45, 7) is 2.81. The molecule has 0 spiro atoms. The molecule has 0 aromatic heterocycles. The molecule has 1 saturated carbocycles. The van der Waals surface area contributed by atoms with E-state index in [0.717, 1.165) is 25.2 Å². The van der Waals surface area contributed by atoms with Gasteiger partial charge in [-0.3, -0.25) is 0 Å². The molecule has 1 saturated heterocycles. The molecular weight excluding hydrogens is 314 g/mol. The number of benzene rings is 2. The lowest BCUT2D eigenvalue weighted by Gasteiger charge is -2.36. The molecule has 2 unspecified atom stereocenters. The van der Waals surface area contributed by atoms with Crippen LogP contribution in [0.1, 0.15) is 17.9 Å². The van der Waals surface area contributed by atoms with Gasteiger partial charge in [0.2, 0.25) is 0 Å². The van der Waals surface area contributed by atoms with Crippen molar-refractivity contribution in [3.63, 3.8) is 0 Å². The number of hydrogen-bond donors (Lipinski definition) is 2. The van der Waals surface area contributed by atoms with Gasteiger partial charge in [-0.05, 0) is 24.1 Å². The zero-order valence-electron chi connectivity index (χ0n) is 14.1. The number of hydrogen-bond acceptors (Lipinski definition) is 3. The van der Waals surface area contributed by atoms with Crippen molar-refractivity contribution in [2.45, 2.75) is 18.4 Å². The van der Waals surface area contributed by atoms with Crippen LogP contribution in [0.25, 0.3) is 0 Å². The van der Waals surface area contributed by atoms with Crippen LogP contribution in [0.15, 0.2) is 54.6 Å². The predicted molar refractivity (Wildman–Crippen MR) is 98.0 cm³/mol. The fourth-order valence-electron chi connectivity index (χ4n) is 3.56. The Morgan fingerprint density at radius 3 is 2.36 bits per heavy atom. The summed E-state index contributed by atoms with van der Waals surface area (Å²) in [6.07, 6.45) is 1.02. The number of phenols is 1. The van der Waals surface area contributed by atoms with Crippen LogP contribution in [0, 0.1) is 0 Å². The van der Waals surface area contributed by atoms with Gasteiger partial charge in [0.15, 0.2) is 0 Å². The number of anilines is 1. The molecule has 2 atom stereocenters. The number of para-hydroxylation sites is 2. The molecule has 2 fully saturated rings.